The van der Waals surface area contributed by atoms with E-state index >= 15 is 8.78 Å². The van der Waals surface area contributed by atoms with Crippen molar-refractivity contribution in [2.24, 2.45) is 5.92 Å². The van der Waals surface area contributed by atoms with E-state index in [4.69, 9.17) is 4.18 Å². The Morgan fingerprint density at radius 1 is 1.00 bits per heavy atom. The third-order valence-corrected chi connectivity index (χ3v) is 8.69. The zero-order valence-corrected chi connectivity index (χ0v) is 18.0. The van der Waals surface area contributed by atoms with E-state index < -0.39 is 27.0 Å². The number of nitrogens with one attached hydrogen (secondary N) is 1. The van der Waals surface area contributed by atoms with Gasteiger partial charge in [-0.2, -0.15) is 8.42 Å². The van der Waals surface area contributed by atoms with Gasteiger partial charge < -0.3 is 9.50 Å². The highest BCUT2D eigenvalue weighted by molar-refractivity contribution is 7.86. The molecule has 0 saturated heterocycles. The van der Waals surface area contributed by atoms with Gasteiger partial charge in [-0.1, -0.05) is 0 Å². The number of halogens is 2. The molecule has 1 aromatic heterocycles. The molecule has 2 atom stereocenters. The summed E-state index contributed by atoms with van der Waals surface area (Å²) in [5, 5.41) is 3.59. The smallest absolute Gasteiger partial charge is 0.307 e. The Hall–Kier alpha value is -1.44. The van der Waals surface area contributed by atoms with Crippen LogP contribution in [0.2, 0.25) is 0 Å². The second kappa shape index (κ2) is 5.87. The van der Waals surface area contributed by atoms with Crippen molar-refractivity contribution in [3.8, 4) is 5.88 Å². The second-order valence-corrected chi connectivity index (χ2v) is 12.4. The first-order valence-electron chi connectivity index (χ1n) is 11.1. The van der Waals surface area contributed by atoms with Gasteiger partial charge in [-0.15, -0.1) is 0 Å². The molecule has 5 fully saturated rings. The summed E-state index contributed by atoms with van der Waals surface area (Å²) >= 11 is 0. The van der Waals surface area contributed by atoms with Crippen molar-refractivity contribution in [1.29, 1.82) is 0 Å². The van der Waals surface area contributed by atoms with E-state index in [9.17, 15) is 8.42 Å². The minimum atomic E-state index is -3.68. The van der Waals surface area contributed by atoms with Crippen LogP contribution >= 0.6 is 0 Å². The molecule has 0 radical (unpaired) electrons. The summed E-state index contributed by atoms with van der Waals surface area (Å²) in [4.78, 5) is 4.38. The van der Waals surface area contributed by atoms with E-state index in [0.29, 0.717) is 31.6 Å². The van der Waals surface area contributed by atoms with Gasteiger partial charge in [0.2, 0.25) is 5.88 Å². The van der Waals surface area contributed by atoms with Crippen molar-refractivity contribution in [2.45, 2.75) is 92.9 Å². The molecule has 8 heteroatoms. The van der Waals surface area contributed by atoms with E-state index in [2.05, 4.69) is 10.3 Å². The fourth-order valence-corrected chi connectivity index (χ4v) is 8.39. The van der Waals surface area contributed by atoms with Gasteiger partial charge in [0.05, 0.1) is 18.1 Å². The minimum absolute atomic E-state index is 0.0299. The predicted molar refractivity (Wildman–Crippen MR) is 109 cm³/mol. The van der Waals surface area contributed by atoms with Crippen LogP contribution < -0.4 is 9.50 Å². The summed E-state index contributed by atoms with van der Waals surface area (Å²) in [7, 11) is -3.68. The molecule has 7 aliphatic carbocycles. The molecule has 164 valence electrons. The number of rotatable bonds is 4. The van der Waals surface area contributed by atoms with Crippen LogP contribution in [-0.4, -0.2) is 36.5 Å². The third kappa shape index (κ3) is 2.96. The highest BCUT2D eigenvalue weighted by Crippen LogP contribution is 2.63. The molecular weight excluding hydrogens is 410 g/mol. The molecule has 1 heterocycles. The highest BCUT2D eigenvalue weighted by atomic mass is 32.2. The topological polar surface area (TPSA) is 68.3 Å². The lowest BCUT2D eigenvalue weighted by atomic mass is 9.50. The van der Waals surface area contributed by atoms with Crippen LogP contribution in [0, 0.1) is 5.92 Å². The molecule has 6 bridgehead atoms. The van der Waals surface area contributed by atoms with Gasteiger partial charge in [0, 0.05) is 30.4 Å². The fraction of sp³-hybridized carbons (Fsp3) is 0.773. The molecule has 7 aliphatic rings. The Kier molecular flexibility index (Phi) is 3.77. The standard InChI is InChI=1S/C22H28F2N2O3S/c1-30(27,28)29-19-18-15-4-2-14(3-5-15)17(18)16(9-25-19)26-22-8-13-6-20(23,11-22)10-21(24,7-13)12-22/h9,13-15,26H,2-8,10-12H2,1H3. The van der Waals surface area contributed by atoms with Gasteiger partial charge in [-0.05, 0) is 68.3 Å². The van der Waals surface area contributed by atoms with E-state index in [0.717, 1.165) is 55.2 Å². The first-order chi connectivity index (χ1) is 14.0. The van der Waals surface area contributed by atoms with Crippen LogP contribution in [0.15, 0.2) is 6.20 Å². The van der Waals surface area contributed by atoms with Gasteiger partial charge in [0.1, 0.15) is 11.3 Å². The van der Waals surface area contributed by atoms with E-state index in [1.54, 1.807) is 6.20 Å². The fourth-order valence-electron chi connectivity index (χ4n) is 7.97. The van der Waals surface area contributed by atoms with Crippen LogP contribution in [0.4, 0.5) is 14.5 Å². The number of nitrogens with zero attached hydrogens (tertiary/aromatic N) is 1. The predicted octanol–water partition coefficient (Wildman–Crippen LogP) is 4.74. The van der Waals surface area contributed by atoms with Crippen LogP contribution in [0.5, 0.6) is 5.88 Å². The number of fused-ring (bicyclic) bond motifs is 2. The molecule has 2 unspecified atom stereocenters. The number of hydrogen-bond acceptors (Lipinski definition) is 5. The maximum Gasteiger partial charge on any atom is 0.307 e. The first kappa shape index (κ1) is 19.3. The molecule has 0 aliphatic heterocycles. The average Bonchev–Trinajstić information content (AvgIpc) is 2.60. The van der Waals surface area contributed by atoms with Crippen LogP contribution in [0.1, 0.15) is 87.2 Å². The van der Waals surface area contributed by atoms with Gasteiger partial charge in [0.15, 0.2) is 0 Å². The third-order valence-electron chi connectivity index (χ3n) is 8.23. The van der Waals surface area contributed by atoms with Crippen molar-refractivity contribution in [1.82, 2.24) is 4.98 Å². The average molecular weight is 439 g/mol. The lowest BCUT2D eigenvalue weighted by Gasteiger charge is -2.61. The molecule has 5 nitrogen and oxygen atoms in total. The Morgan fingerprint density at radius 2 is 1.60 bits per heavy atom. The maximum absolute atomic E-state index is 15.4. The molecule has 30 heavy (non-hydrogen) atoms. The Balaban J connectivity index is 1.42. The molecule has 0 spiro atoms. The monoisotopic (exact) mass is 438 g/mol. The molecule has 1 aromatic rings. The summed E-state index contributed by atoms with van der Waals surface area (Å²) in [6.45, 7) is 0. The molecule has 0 aromatic carbocycles. The lowest BCUT2D eigenvalue weighted by molar-refractivity contribution is -0.137. The molecule has 8 rings (SSSR count). The maximum atomic E-state index is 15.4. The number of hydrogen-bond donors (Lipinski definition) is 1. The summed E-state index contributed by atoms with van der Waals surface area (Å²) < 4.78 is 59.7. The van der Waals surface area contributed by atoms with Crippen LogP contribution in [0.25, 0.3) is 0 Å². The quantitative estimate of drug-likeness (QED) is 0.688. The van der Waals surface area contributed by atoms with Crippen molar-refractivity contribution in [3.05, 3.63) is 17.3 Å². The number of anilines is 1. The number of alkyl halides is 2. The molecule has 5 saturated carbocycles. The zero-order chi connectivity index (χ0) is 20.9. The Bertz CT molecular complexity index is 1000. The Labute approximate surface area is 176 Å². The molecule has 0 amide bonds. The van der Waals surface area contributed by atoms with Gasteiger partial charge in [-0.3, -0.25) is 0 Å². The SMILES string of the molecule is CS(=O)(=O)Oc1ncc(NC23CC4CC(F)(CC(F)(C4)C2)C3)c2c1C1CCC2CC1. The molecule has 1 N–H and O–H groups in total. The number of pyridine rings is 1. The lowest BCUT2D eigenvalue weighted by Crippen LogP contribution is -2.65. The molecular formula is C22H28F2N2O3S. The Morgan fingerprint density at radius 3 is 2.17 bits per heavy atom. The van der Waals surface area contributed by atoms with Crippen molar-refractivity contribution < 1.29 is 21.4 Å². The number of aromatic nitrogens is 1. The van der Waals surface area contributed by atoms with E-state index in [1.807, 2.05) is 0 Å². The minimum Gasteiger partial charge on any atom is -0.378 e. The van der Waals surface area contributed by atoms with Crippen molar-refractivity contribution in [2.75, 3.05) is 11.6 Å². The van der Waals surface area contributed by atoms with Gasteiger partial charge >= 0.3 is 10.1 Å². The van der Waals surface area contributed by atoms with Gasteiger partial charge in [0.25, 0.3) is 0 Å². The summed E-state index contributed by atoms with van der Waals surface area (Å²) in [5.41, 5.74) is -0.645. The second-order valence-electron chi connectivity index (χ2n) is 10.9. The highest BCUT2D eigenvalue weighted by Gasteiger charge is 2.65. The van der Waals surface area contributed by atoms with E-state index in [-0.39, 0.29) is 24.1 Å². The van der Waals surface area contributed by atoms with Crippen LogP contribution in [0.3, 0.4) is 0 Å². The summed E-state index contributed by atoms with van der Waals surface area (Å²) in [6, 6.07) is 0. The van der Waals surface area contributed by atoms with Crippen LogP contribution in [-0.2, 0) is 10.1 Å². The summed E-state index contributed by atoms with van der Waals surface area (Å²) in [6.07, 6.45) is 9.20. The summed E-state index contributed by atoms with van der Waals surface area (Å²) in [5.74, 6) is 0.802. The van der Waals surface area contributed by atoms with Crippen molar-refractivity contribution >= 4 is 15.8 Å². The largest absolute Gasteiger partial charge is 0.378 e. The van der Waals surface area contributed by atoms with Gasteiger partial charge in [-0.25, -0.2) is 13.8 Å². The normalized spacial score (nSPS) is 43.5. The zero-order valence-electron chi connectivity index (χ0n) is 17.2. The van der Waals surface area contributed by atoms with E-state index in [1.165, 1.54) is 0 Å². The van der Waals surface area contributed by atoms with Crippen molar-refractivity contribution in [3.63, 3.8) is 0 Å². The first-order valence-corrected chi connectivity index (χ1v) is 12.9.